The van der Waals surface area contributed by atoms with Gasteiger partial charge in [0.15, 0.2) is 0 Å². The fourth-order valence-electron chi connectivity index (χ4n) is 3.90. The molecule has 0 saturated carbocycles. The third-order valence-electron chi connectivity index (χ3n) is 5.44. The standard InChI is InChI=1S/C20H22ClFN4O2/c21-16-3-1-14(11-17(16)22)13-26-6-5-18(20(26)28)24-7-9-25(10-8-24)19-4-2-15(27)12-23-19/h1-4,11-12,18,27H,5-10,13H2/t18-/m1/s1. The van der Waals surface area contributed by atoms with E-state index in [0.717, 1.165) is 44.0 Å². The fourth-order valence-corrected chi connectivity index (χ4v) is 4.02. The Labute approximate surface area is 168 Å². The Morgan fingerprint density at radius 1 is 1.14 bits per heavy atom. The van der Waals surface area contributed by atoms with Crippen molar-refractivity contribution >= 4 is 23.3 Å². The molecule has 2 aliphatic heterocycles. The van der Waals surface area contributed by atoms with E-state index >= 15 is 0 Å². The number of hydrogen-bond acceptors (Lipinski definition) is 5. The van der Waals surface area contributed by atoms with Crippen LogP contribution in [0.3, 0.4) is 0 Å². The third kappa shape index (κ3) is 3.91. The molecule has 28 heavy (non-hydrogen) atoms. The van der Waals surface area contributed by atoms with Crippen LogP contribution in [0, 0.1) is 5.82 Å². The summed E-state index contributed by atoms with van der Waals surface area (Å²) in [6.07, 6.45) is 2.23. The lowest BCUT2D eigenvalue weighted by Crippen LogP contribution is -2.52. The van der Waals surface area contributed by atoms with Crippen molar-refractivity contribution in [2.45, 2.75) is 19.0 Å². The number of piperazine rings is 1. The number of halogens is 2. The molecule has 2 aliphatic rings. The maximum atomic E-state index is 13.6. The van der Waals surface area contributed by atoms with Gasteiger partial charge in [-0.3, -0.25) is 9.69 Å². The van der Waals surface area contributed by atoms with Crippen molar-refractivity contribution < 1.29 is 14.3 Å². The molecule has 8 heteroatoms. The molecule has 2 aromatic rings. The molecular weight excluding hydrogens is 383 g/mol. The maximum absolute atomic E-state index is 13.6. The van der Waals surface area contributed by atoms with Crippen LogP contribution in [-0.2, 0) is 11.3 Å². The number of aromatic hydroxyl groups is 1. The highest BCUT2D eigenvalue weighted by molar-refractivity contribution is 6.30. The molecule has 4 rings (SSSR count). The van der Waals surface area contributed by atoms with E-state index in [1.807, 2.05) is 0 Å². The van der Waals surface area contributed by atoms with E-state index in [1.165, 1.54) is 18.3 Å². The first-order valence-corrected chi connectivity index (χ1v) is 9.76. The van der Waals surface area contributed by atoms with Gasteiger partial charge in [0, 0.05) is 39.3 Å². The van der Waals surface area contributed by atoms with Crippen LogP contribution < -0.4 is 4.90 Å². The van der Waals surface area contributed by atoms with Crippen LogP contribution in [0.4, 0.5) is 10.2 Å². The normalized spacial score (nSPS) is 20.8. The molecule has 1 aromatic carbocycles. The van der Waals surface area contributed by atoms with Gasteiger partial charge in [0.25, 0.3) is 0 Å². The van der Waals surface area contributed by atoms with Gasteiger partial charge in [0.1, 0.15) is 17.4 Å². The lowest BCUT2D eigenvalue weighted by Gasteiger charge is -2.37. The molecule has 0 radical (unpaired) electrons. The number of likely N-dealkylation sites (tertiary alicyclic amines) is 1. The lowest BCUT2D eigenvalue weighted by atomic mass is 10.1. The molecular formula is C20H22ClFN4O2. The van der Waals surface area contributed by atoms with E-state index in [9.17, 15) is 14.3 Å². The predicted molar refractivity (Wildman–Crippen MR) is 105 cm³/mol. The van der Waals surface area contributed by atoms with Gasteiger partial charge in [0.2, 0.25) is 5.91 Å². The van der Waals surface area contributed by atoms with E-state index in [-0.39, 0.29) is 22.7 Å². The molecule has 1 N–H and O–H groups in total. The highest BCUT2D eigenvalue weighted by Crippen LogP contribution is 2.24. The lowest BCUT2D eigenvalue weighted by molar-refractivity contribution is -0.132. The fraction of sp³-hybridized carbons (Fsp3) is 0.400. The highest BCUT2D eigenvalue weighted by atomic mass is 35.5. The molecule has 1 atom stereocenters. The monoisotopic (exact) mass is 404 g/mol. The first-order chi connectivity index (χ1) is 13.5. The summed E-state index contributed by atoms with van der Waals surface area (Å²) in [5, 5.41) is 9.46. The minimum Gasteiger partial charge on any atom is -0.506 e. The molecule has 2 fully saturated rings. The molecule has 6 nitrogen and oxygen atoms in total. The summed E-state index contributed by atoms with van der Waals surface area (Å²) in [5.41, 5.74) is 0.749. The molecule has 2 saturated heterocycles. The molecule has 1 amide bonds. The zero-order valence-corrected chi connectivity index (χ0v) is 16.1. The van der Waals surface area contributed by atoms with E-state index < -0.39 is 5.82 Å². The van der Waals surface area contributed by atoms with Crippen molar-refractivity contribution in [2.75, 3.05) is 37.6 Å². The minimum absolute atomic E-state index is 0.0929. The number of hydrogen-bond donors (Lipinski definition) is 1. The third-order valence-corrected chi connectivity index (χ3v) is 5.74. The number of anilines is 1. The number of amides is 1. The van der Waals surface area contributed by atoms with Crippen LogP contribution in [0.25, 0.3) is 0 Å². The van der Waals surface area contributed by atoms with Crippen LogP contribution in [0.5, 0.6) is 5.75 Å². The van der Waals surface area contributed by atoms with E-state index in [0.29, 0.717) is 13.1 Å². The average Bonchev–Trinajstić information content (AvgIpc) is 3.06. The van der Waals surface area contributed by atoms with Gasteiger partial charge in [-0.15, -0.1) is 0 Å². The largest absolute Gasteiger partial charge is 0.506 e. The molecule has 0 bridgehead atoms. The Morgan fingerprint density at radius 2 is 1.93 bits per heavy atom. The first kappa shape index (κ1) is 19.0. The predicted octanol–water partition coefficient (Wildman–Crippen LogP) is 2.50. The van der Waals surface area contributed by atoms with Crippen molar-refractivity contribution in [1.29, 1.82) is 0 Å². The van der Waals surface area contributed by atoms with Crippen LogP contribution in [0.15, 0.2) is 36.5 Å². The van der Waals surface area contributed by atoms with Crippen LogP contribution in [-0.4, -0.2) is 64.6 Å². The second-order valence-corrected chi connectivity index (χ2v) is 7.62. The number of aromatic nitrogens is 1. The number of nitrogens with zero attached hydrogens (tertiary/aromatic N) is 4. The Morgan fingerprint density at radius 3 is 2.61 bits per heavy atom. The van der Waals surface area contributed by atoms with Gasteiger partial charge in [0.05, 0.1) is 17.3 Å². The first-order valence-electron chi connectivity index (χ1n) is 9.38. The highest BCUT2D eigenvalue weighted by Gasteiger charge is 2.37. The van der Waals surface area contributed by atoms with Gasteiger partial charge in [-0.2, -0.15) is 0 Å². The van der Waals surface area contributed by atoms with Crippen molar-refractivity contribution in [3.8, 4) is 5.75 Å². The minimum atomic E-state index is -0.457. The molecule has 0 unspecified atom stereocenters. The van der Waals surface area contributed by atoms with Crippen LogP contribution in [0.2, 0.25) is 5.02 Å². The number of benzene rings is 1. The van der Waals surface area contributed by atoms with Crippen molar-refractivity contribution in [2.24, 2.45) is 0 Å². The molecule has 0 spiro atoms. The smallest absolute Gasteiger partial charge is 0.240 e. The second-order valence-electron chi connectivity index (χ2n) is 7.21. The van der Waals surface area contributed by atoms with E-state index in [4.69, 9.17) is 11.6 Å². The Balaban J connectivity index is 1.34. The molecule has 0 aliphatic carbocycles. The van der Waals surface area contributed by atoms with E-state index in [2.05, 4.69) is 14.8 Å². The van der Waals surface area contributed by atoms with E-state index in [1.54, 1.807) is 23.1 Å². The van der Waals surface area contributed by atoms with Crippen LogP contribution >= 0.6 is 11.6 Å². The van der Waals surface area contributed by atoms with Crippen molar-refractivity contribution in [1.82, 2.24) is 14.8 Å². The summed E-state index contributed by atoms with van der Waals surface area (Å²) in [7, 11) is 0. The summed E-state index contributed by atoms with van der Waals surface area (Å²) >= 11 is 5.73. The summed E-state index contributed by atoms with van der Waals surface area (Å²) in [6, 6.07) is 8.00. The van der Waals surface area contributed by atoms with Gasteiger partial charge in [-0.1, -0.05) is 17.7 Å². The number of rotatable bonds is 4. The van der Waals surface area contributed by atoms with Crippen molar-refractivity contribution in [3.05, 3.63) is 52.9 Å². The second kappa shape index (κ2) is 7.93. The maximum Gasteiger partial charge on any atom is 0.240 e. The van der Waals surface area contributed by atoms with Gasteiger partial charge in [-0.05, 0) is 36.2 Å². The Kier molecular flexibility index (Phi) is 5.37. The van der Waals surface area contributed by atoms with Crippen molar-refractivity contribution in [3.63, 3.8) is 0 Å². The van der Waals surface area contributed by atoms with Crippen LogP contribution in [0.1, 0.15) is 12.0 Å². The molecule has 1 aromatic heterocycles. The quantitative estimate of drug-likeness (QED) is 0.848. The topological polar surface area (TPSA) is 59.9 Å². The molecule has 148 valence electrons. The van der Waals surface area contributed by atoms with Gasteiger partial charge in [-0.25, -0.2) is 9.37 Å². The summed E-state index contributed by atoms with van der Waals surface area (Å²) in [5.74, 6) is 0.633. The molecule has 3 heterocycles. The summed E-state index contributed by atoms with van der Waals surface area (Å²) in [4.78, 5) is 23.3. The number of carbonyl (C=O) groups is 1. The zero-order chi connectivity index (χ0) is 19.7. The number of carbonyl (C=O) groups excluding carboxylic acids is 1. The van der Waals surface area contributed by atoms with Gasteiger partial charge < -0.3 is 14.9 Å². The van der Waals surface area contributed by atoms with Gasteiger partial charge >= 0.3 is 0 Å². The summed E-state index contributed by atoms with van der Waals surface area (Å²) < 4.78 is 13.6. The number of pyridine rings is 1. The average molecular weight is 405 g/mol. The Bertz CT molecular complexity index is 856. The summed E-state index contributed by atoms with van der Waals surface area (Å²) in [6.45, 7) is 4.20. The SMILES string of the molecule is O=C1[C@H](N2CCN(c3ccc(O)cn3)CC2)CCN1Cc1ccc(Cl)c(F)c1. The zero-order valence-electron chi connectivity index (χ0n) is 15.4. The Hall–Kier alpha value is -2.38.